The molecule has 0 aliphatic carbocycles. The molecule has 142 valence electrons. The third-order valence-corrected chi connectivity index (χ3v) is 4.48. The summed E-state index contributed by atoms with van der Waals surface area (Å²) in [4.78, 5) is 24.4. The summed E-state index contributed by atoms with van der Waals surface area (Å²) >= 11 is 0. The number of nitrogens with zero attached hydrogens (tertiary/aromatic N) is 2. The molecule has 1 heterocycles. The molecule has 1 fully saturated rings. The molecule has 1 amide bonds. The summed E-state index contributed by atoms with van der Waals surface area (Å²) in [5.74, 6) is -1.54. The van der Waals surface area contributed by atoms with Crippen LogP contribution in [0.1, 0.15) is 28.8 Å². The molecule has 2 aromatic carbocycles. The predicted octanol–water partition coefficient (Wildman–Crippen LogP) is 3.69. The van der Waals surface area contributed by atoms with Crippen molar-refractivity contribution in [3.63, 3.8) is 0 Å². The lowest BCUT2D eigenvalue weighted by atomic mass is 10.1. The second-order valence-corrected chi connectivity index (χ2v) is 6.37. The van der Waals surface area contributed by atoms with Crippen LogP contribution in [-0.4, -0.2) is 34.9 Å². The first-order valence-electron chi connectivity index (χ1n) is 8.53. The number of carbonyl (C=O) groups is 1. The Morgan fingerprint density at radius 2 is 1.96 bits per heavy atom. The Bertz CT molecular complexity index is 842. The molecule has 27 heavy (non-hydrogen) atoms. The first kappa shape index (κ1) is 18.9. The van der Waals surface area contributed by atoms with Crippen LogP contribution in [0.25, 0.3) is 0 Å². The monoisotopic (exact) mass is 376 g/mol. The van der Waals surface area contributed by atoms with E-state index >= 15 is 0 Å². The molecule has 2 aromatic rings. The van der Waals surface area contributed by atoms with Gasteiger partial charge in [-0.1, -0.05) is 6.07 Å². The molecule has 0 saturated carbocycles. The van der Waals surface area contributed by atoms with Crippen LogP contribution in [0.3, 0.4) is 0 Å². The van der Waals surface area contributed by atoms with Crippen LogP contribution < -0.4 is 0 Å². The largest absolute Gasteiger partial charge is 0.372 e. The van der Waals surface area contributed by atoms with E-state index in [1.54, 1.807) is 4.90 Å². The summed E-state index contributed by atoms with van der Waals surface area (Å²) in [5.41, 5.74) is 0.550. The van der Waals surface area contributed by atoms with Gasteiger partial charge in [-0.05, 0) is 31.0 Å². The Morgan fingerprint density at radius 1 is 1.22 bits per heavy atom. The number of halogens is 2. The zero-order chi connectivity index (χ0) is 19.4. The highest BCUT2D eigenvalue weighted by Gasteiger charge is 2.25. The van der Waals surface area contributed by atoms with Crippen LogP contribution in [0.2, 0.25) is 0 Å². The van der Waals surface area contributed by atoms with Crippen molar-refractivity contribution in [3.05, 3.63) is 75.3 Å². The molecule has 0 aromatic heterocycles. The van der Waals surface area contributed by atoms with Gasteiger partial charge in [-0.2, -0.15) is 0 Å². The standard InChI is InChI=1S/C19H18F2N2O4/c20-15-6-3-14(18(21)10-15)12-27-17-2-1-9-22(11-17)19(24)13-4-7-16(8-5-13)23(25)26/h3-8,10,17H,1-2,9,11-12H2/t17-/m0/s1. The number of non-ortho nitro benzene ring substituents is 1. The molecule has 0 N–H and O–H groups in total. The number of nitro groups is 1. The van der Waals surface area contributed by atoms with Crippen LogP contribution in [0.5, 0.6) is 0 Å². The zero-order valence-electron chi connectivity index (χ0n) is 14.4. The lowest BCUT2D eigenvalue weighted by molar-refractivity contribution is -0.384. The fraction of sp³-hybridized carbons (Fsp3) is 0.316. The Balaban J connectivity index is 1.59. The van der Waals surface area contributed by atoms with Crippen molar-refractivity contribution in [3.8, 4) is 0 Å². The third kappa shape index (κ3) is 4.65. The minimum absolute atomic E-state index is 0.00363. The summed E-state index contributed by atoms with van der Waals surface area (Å²) in [6, 6.07) is 8.77. The molecule has 3 rings (SSSR count). The van der Waals surface area contributed by atoms with Gasteiger partial charge >= 0.3 is 0 Å². The Kier molecular flexibility index (Phi) is 5.75. The van der Waals surface area contributed by atoms with Gasteiger partial charge in [0.25, 0.3) is 11.6 Å². The van der Waals surface area contributed by atoms with Crippen molar-refractivity contribution in [1.29, 1.82) is 0 Å². The van der Waals surface area contributed by atoms with Gasteiger partial charge in [0, 0.05) is 42.4 Å². The predicted molar refractivity (Wildman–Crippen MR) is 93.2 cm³/mol. The van der Waals surface area contributed by atoms with Crippen molar-refractivity contribution in [1.82, 2.24) is 4.90 Å². The maximum absolute atomic E-state index is 13.7. The fourth-order valence-corrected chi connectivity index (χ4v) is 3.01. The lowest BCUT2D eigenvalue weighted by Crippen LogP contribution is -2.43. The molecule has 1 aliphatic heterocycles. The molecule has 8 heteroatoms. The summed E-state index contributed by atoms with van der Waals surface area (Å²) < 4.78 is 32.3. The first-order chi connectivity index (χ1) is 12.9. The number of amides is 1. The van der Waals surface area contributed by atoms with Gasteiger partial charge in [-0.15, -0.1) is 0 Å². The second kappa shape index (κ2) is 8.22. The van der Waals surface area contributed by atoms with Crippen LogP contribution in [0.15, 0.2) is 42.5 Å². The van der Waals surface area contributed by atoms with E-state index in [2.05, 4.69) is 0 Å². The van der Waals surface area contributed by atoms with Gasteiger partial charge in [0.2, 0.25) is 0 Å². The molecule has 0 bridgehead atoms. The number of benzene rings is 2. The van der Waals surface area contributed by atoms with Crippen molar-refractivity contribution in [2.45, 2.75) is 25.6 Å². The van der Waals surface area contributed by atoms with E-state index in [1.165, 1.54) is 36.4 Å². The van der Waals surface area contributed by atoms with Gasteiger partial charge in [-0.3, -0.25) is 14.9 Å². The highest BCUT2D eigenvalue weighted by molar-refractivity contribution is 5.94. The van der Waals surface area contributed by atoms with E-state index < -0.39 is 16.6 Å². The first-order valence-corrected chi connectivity index (χ1v) is 8.53. The topological polar surface area (TPSA) is 72.7 Å². The molecule has 1 saturated heterocycles. The quantitative estimate of drug-likeness (QED) is 0.589. The average molecular weight is 376 g/mol. The van der Waals surface area contributed by atoms with Crippen LogP contribution in [-0.2, 0) is 11.3 Å². The lowest BCUT2D eigenvalue weighted by Gasteiger charge is -2.32. The number of carbonyl (C=O) groups excluding carboxylic acids is 1. The van der Waals surface area contributed by atoms with Gasteiger partial charge in [-0.25, -0.2) is 8.78 Å². The highest BCUT2D eigenvalue weighted by Crippen LogP contribution is 2.20. The van der Waals surface area contributed by atoms with Gasteiger partial charge in [0.15, 0.2) is 0 Å². The molecule has 0 unspecified atom stereocenters. The van der Waals surface area contributed by atoms with E-state index in [-0.39, 0.29) is 29.9 Å². The second-order valence-electron chi connectivity index (χ2n) is 6.37. The maximum atomic E-state index is 13.7. The molecular formula is C19H18F2N2O4. The maximum Gasteiger partial charge on any atom is 0.269 e. The van der Waals surface area contributed by atoms with Crippen molar-refractivity contribution < 1.29 is 23.2 Å². The smallest absolute Gasteiger partial charge is 0.269 e. The number of likely N-dealkylation sites (tertiary alicyclic amines) is 1. The third-order valence-electron chi connectivity index (χ3n) is 4.48. The zero-order valence-corrected chi connectivity index (χ0v) is 14.4. The number of piperidine rings is 1. The van der Waals surface area contributed by atoms with E-state index in [0.717, 1.165) is 18.9 Å². The van der Waals surface area contributed by atoms with E-state index in [4.69, 9.17) is 4.74 Å². The molecule has 6 nitrogen and oxygen atoms in total. The molecule has 1 atom stereocenters. The number of nitro benzene ring substituents is 1. The molecule has 0 radical (unpaired) electrons. The minimum Gasteiger partial charge on any atom is -0.372 e. The molecule has 0 spiro atoms. The van der Waals surface area contributed by atoms with E-state index in [9.17, 15) is 23.7 Å². The number of hydrogen-bond donors (Lipinski definition) is 0. The summed E-state index contributed by atoms with van der Waals surface area (Å²) in [6.07, 6.45) is 1.20. The fourth-order valence-electron chi connectivity index (χ4n) is 3.01. The van der Waals surface area contributed by atoms with Gasteiger partial charge in [0.1, 0.15) is 11.6 Å². The number of ether oxygens (including phenoxy) is 1. The van der Waals surface area contributed by atoms with Crippen LogP contribution in [0, 0.1) is 21.7 Å². The minimum atomic E-state index is -0.662. The molecule has 1 aliphatic rings. The molecular weight excluding hydrogens is 358 g/mol. The normalized spacial score (nSPS) is 17.0. The number of hydrogen-bond acceptors (Lipinski definition) is 4. The van der Waals surface area contributed by atoms with E-state index in [0.29, 0.717) is 18.7 Å². The summed E-state index contributed by atoms with van der Waals surface area (Å²) in [7, 11) is 0. The van der Waals surface area contributed by atoms with Crippen LogP contribution >= 0.6 is 0 Å². The number of rotatable bonds is 5. The SMILES string of the molecule is O=C(c1ccc([N+](=O)[O-])cc1)N1CCC[C@H](OCc2ccc(F)cc2F)C1. The van der Waals surface area contributed by atoms with Crippen molar-refractivity contribution in [2.75, 3.05) is 13.1 Å². The van der Waals surface area contributed by atoms with Crippen LogP contribution in [0.4, 0.5) is 14.5 Å². The summed E-state index contributed by atoms with van der Waals surface area (Å²) in [5, 5.41) is 10.7. The average Bonchev–Trinajstić information content (AvgIpc) is 2.67. The Labute approximate surface area is 154 Å². The van der Waals surface area contributed by atoms with Crippen molar-refractivity contribution >= 4 is 11.6 Å². The Morgan fingerprint density at radius 3 is 2.63 bits per heavy atom. The summed E-state index contributed by atoms with van der Waals surface area (Å²) in [6.45, 7) is 0.898. The Hall–Kier alpha value is -2.87. The van der Waals surface area contributed by atoms with Gasteiger partial charge in [0.05, 0.1) is 17.6 Å². The van der Waals surface area contributed by atoms with Gasteiger partial charge < -0.3 is 9.64 Å². The highest BCUT2D eigenvalue weighted by atomic mass is 19.1. The van der Waals surface area contributed by atoms with E-state index in [1.807, 2.05) is 0 Å². The van der Waals surface area contributed by atoms with Crippen molar-refractivity contribution in [2.24, 2.45) is 0 Å².